The van der Waals surface area contributed by atoms with Crippen molar-refractivity contribution in [2.45, 2.75) is 25.6 Å². The molecule has 6 nitrogen and oxygen atoms in total. The first-order valence-electron chi connectivity index (χ1n) is 8.63. The number of carbonyl (C=O) groups excluding carboxylic acids is 2. The highest BCUT2D eigenvalue weighted by Gasteiger charge is 2.25. The van der Waals surface area contributed by atoms with Crippen molar-refractivity contribution in [3.63, 3.8) is 0 Å². The van der Waals surface area contributed by atoms with Gasteiger partial charge in [0.05, 0.1) is 12.2 Å². The number of carbonyl (C=O) groups is 2. The molecule has 0 saturated heterocycles. The Morgan fingerprint density at radius 3 is 2.59 bits per heavy atom. The molecule has 2 rings (SSSR count). The molecule has 0 spiro atoms. The van der Waals surface area contributed by atoms with Crippen LogP contribution in [0.4, 0.5) is 5.13 Å². The zero-order valence-electron chi connectivity index (χ0n) is 15.7. The molecule has 2 aromatic rings. The van der Waals surface area contributed by atoms with Gasteiger partial charge >= 0.3 is 0 Å². The topological polar surface area (TPSA) is 71.5 Å². The van der Waals surface area contributed by atoms with Gasteiger partial charge in [-0.25, -0.2) is 4.98 Å². The summed E-state index contributed by atoms with van der Waals surface area (Å²) in [7, 11) is 1.60. The third kappa shape index (κ3) is 6.30. The normalized spacial score (nSPS) is 11.9. The fourth-order valence-corrected chi connectivity index (χ4v) is 3.56. The Hall–Kier alpha value is -1.96. The largest absolute Gasteiger partial charge is 0.385 e. The summed E-state index contributed by atoms with van der Waals surface area (Å²) in [6.07, 6.45) is 0.614. The summed E-state index contributed by atoms with van der Waals surface area (Å²) in [6.45, 7) is 4.62. The third-order valence-corrected chi connectivity index (χ3v) is 5.43. The van der Waals surface area contributed by atoms with E-state index in [9.17, 15) is 9.59 Å². The molecule has 2 amide bonds. The average molecular weight is 410 g/mol. The molecular weight excluding hydrogens is 386 g/mol. The van der Waals surface area contributed by atoms with Crippen LogP contribution in [-0.4, -0.2) is 48.5 Å². The van der Waals surface area contributed by atoms with Crippen LogP contribution in [-0.2, 0) is 14.3 Å². The van der Waals surface area contributed by atoms with Crippen molar-refractivity contribution in [3.8, 4) is 0 Å². The molecule has 1 N–H and O–H groups in total. The van der Waals surface area contributed by atoms with Crippen molar-refractivity contribution < 1.29 is 14.3 Å². The number of methoxy groups -OCH3 is 1. The van der Waals surface area contributed by atoms with Crippen molar-refractivity contribution in [2.24, 2.45) is 0 Å². The molecule has 146 valence electrons. The second-order valence-corrected chi connectivity index (χ2v) is 7.73. The zero-order valence-corrected chi connectivity index (χ0v) is 17.3. The molecule has 0 aliphatic carbocycles. The van der Waals surface area contributed by atoms with Crippen LogP contribution >= 0.6 is 22.9 Å². The number of rotatable bonds is 9. The molecule has 8 heteroatoms. The third-order valence-electron chi connectivity index (χ3n) is 4.01. The molecule has 1 heterocycles. The number of ether oxygens (including phenoxy) is 1. The first kappa shape index (κ1) is 21.3. The maximum atomic E-state index is 12.8. The van der Waals surface area contributed by atoms with E-state index < -0.39 is 5.38 Å². The molecule has 1 aromatic carbocycles. The van der Waals surface area contributed by atoms with Crippen LogP contribution in [0.3, 0.4) is 0 Å². The van der Waals surface area contributed by atoms with E-state index in [0.29, 0.717) is 30.3 Å². The second kappa shape index (κ2) is 10.4. The van der Waals surface area contributed by atoms with Crippen LogP contribution in [0, 0.1) is 13.8 Å². The first-order chi connectivity index (χ1) is 12.9. The summed E-state index contributed by atoms with van der Waals surface area (Å²) in [6, 6.07) is 9.10. The first-order valence-corrected chi connectivity index (χ1v) is 9.88. The van der Waals surface area contributed by atoms with Crippen molar-refractivity contribution >= 4 is 39.9 Å². The monoisotopic (exact) mass is 409 g/mol. The quantitative estimate of drug-likeness (QED) is 0.508. The van der Waals surface area contributed by atoms with Gasteiger partial charge in [0.15, 0.2) is 5.13 Å². The molecule has 0 unspecified atom stereocenters. The number of nitrogens with zero attached hydrogens (tertiary/aromatic N) is 2. The van der Waals surface area contributed by atoms with Crippen molar-refractivity contribution in [2.75, 3.05) is 32.1 Å². The smallest absolute Gasteiger partial charge is 0.245 e. The highest BCUT2D eigenvalue weighted by Crippen LogP contribution is 2.24. The minimum absolute atomic E-state index is 0.0870. The molecule has 0 fully saturated rings. The lowest BCUT2D eigenvalue weighted by Crippen LogP contribution is -2.40. The summed E-state index contributed by atoms with van der Waals surface area (Å²) >= 11 is 7.78. The van der Waals surface area contributed by atoms with Crippen LogP contribution in [0.25, 0.3) is 0 Å². The highest BCUT2D eigenvalue weighted by atomic mass is 35.5. The summed E-state index contributed by atoms with van der Waals surface area (Å²) in [4.78, 5) is 32.1. The molecule has 0 radical (unpaired) electrons. The Bertz CT molecular complexity index is 747. The van der Waals surface area contributed by atoms with Gasteiger partial charge < -0.3 is 15.0 Å². The molecule has 1 atom stereocenters. The SMILES string of the molecule is COCCCN(CC(=O)Nc1nc(C)c(C)s1)C(=O)[C@H](Cl)c1ccccc1. The fourth-order valence-electron chi connectivity index (χ4n) is 2.45. The van der Waals surface area contributed by atoms with Crippen LogP contribution in [0.1, 0.15) is 27.9 Å². The van der Waals surface area contributed by atoms with E-state index >= 15 is 0 Å². The minimum Gasteiger partial charge on any atom is -0.385 e. The Labute approximate surface area is 168 Å². The van der Waals surface area contributed by atoms with Crippen molar-refractivity contribution in [1.29, 1.82) is 0 Å². The number of hydrogen-bond acceptors (Lipinski definition) is 5. The maximum absolute atomic E-state index is 12.8. The molecule has 0 bridgehead atoms. The van der Waals surface area contributed by atoms with E-state index in [-0.39, 0.29) is 18.4 Å². The second-order valence-electron chi connectivity index (χ2n) is 6.09. The number of aromatic nitrogens is 1. The number of anilines is 1. The lowest BCUT2D eigenvalue weighted by Gasteiger charge is -2.24. The standard InChI is InChI=1S/C19H24ClN3O3S/c1-13-14(2)27-19(21-13)22-16(24)12-23(10-7-11-26-3)18(25)17(20)15-8-5-4-6-9-15/h4-6,8-9,17H,7,10-12H2,1-3H3,(H,21,22,24)/t17-/m1/s1. The molecular formula is C19H24ClN3O3S. The van der Waals surface area contributed by atoms with E-state index in [1.165, 1.54) is 16.2 Å². The molecule has 0 aliphatic rings. The Morgan fingerprint density at radius 2 is 2.00 bits per heavy atom. The highest BCUT2D eigenvalue weighted by molar-refractivity contribution is 7.15. The average Bonchev–Trinajstić information content (AvgIpc) is 2.97. The van der Waals surface area contributed by atoms with Gasteiger partial charge in [-0.15, -0.1) is 22.9 Å². The van der Waals surface area contributed by atoms with Gasteiger partial charge in [0, 0.05) is 25.1 Å². The number of halogens is 1. The van der Waals surface area contributed by atoms with Gasteiger partial charge in [-0.05, 0) is 25.8 Å². The molecule has 0 aliphatic heterocycles. The summed E-state index contributed by atoms with van der Waals surface area (Å²) in [5, 5.41) is 2.45. The predicted molar refractivity (Wildman–Crippen MR) is 108 cm³/mol. The fraction of sp³-hybridized carbons (Fsp3) is 0.421. The summed E-state index contributed by atoms with van der Waals surface area (Å²) < 4.78 is 5.05. The molecule has 27 heavy (non-hydrogen) atoms. The van der Waals surface area contributed by atoms with Crippen molar-refractivity contribution in [3.05, 3.63) is 46.5 Å². The Kier molecular flexibility index (Phi) is 8.22. The Morgan fingerprint density at radius 1 is 1.30 bits per heavy atom. The summed E-state index contributed by atoms with van der Waals surface area (Å²) in [5.41, 5.74) is 1.58. The van der Waals surface area contributed by atoms with E-state index in [1.807, 2.05) is 32.0 Å². The van der Waals surface area contributed by atoms with Gasteiger partial charge in [0.1, 0.15) is 5.38 Å². The number of amides is 2. The zero-order chi connectivity index (χ0) is 19.8. The van der Waals surface area contributed by atoms with Crippen LogP contribution in [0.15, 0.2) is 30.3 Å². The van der Waals surface area contributed by atoms with Gasteiger partial charge in [0.25, 0.3) is 0 Å². The van der Waals surface area contributed by atoms with E-state index in [2.05, 4.69) is 10.3 Å². The van der Waals surface area contributed by atoms with Gasteiger partial charge in [0.2, 0.25) is 11.8 Å². The van der Waals surface area contributed by atoms with Gasteiger partial charge in [-0.3, -0.25) is 9.59 Å². The number of thiazole rings is 1. The van der Waals surface area contributed by atoms with Gasteiger partial charge in [-0.1, -0.05) is 30.3 Å². The van der Waals surface area contributed by atoms with Crippen LogP contribution in [0.5, 0.6) is 0 Å². The number of alkyl halides is 1. The number of nitrogens with one attached hydrogen (secondary N) is 1. The van der Waals surface area contributed by atoms with Crippen LogP contribution in [0.2, 0.25) is 0 Å². The molecule has 0 saturated carbocycles. The predicted octanol–water partition coefficient (Wildman–Crippen LogP) is 3.54. The summed E-state index contributed by atoms with van der Waals surface area (Å²) in [5.74, 6) is -0.605. The van der Waals surface area contributed by atoms with Gasteiger partial charge in [-0.2, -0.15) is 0 Å². The maximum Gasteiger partial charge on any atom is 0.245 e. The minimum atomic E-state index is -0.842. The van der Waals surface area contributed by atoms with E-state index in [4.69, 9.17) is 16.3 Å². The van der Waals surface area contributed by atoms with E-state index in [1.54, 1.807) is 19.2 Å². The van der Waals surface area contributed by atoms with Crippen LogP contribution < -0.4 is 5.32 Å². The molecule has 1 aromatic heterocycles. The lowest BCUT2D eigenvalue weighted by molar-refractivity contribution is -0.134. The van der Waals surface area contributed by atoms with E-state index in [0.717, 1.165) is 10.6 Å². The lowest BCUT2D eigenvalue weighted by atomic mass is 10.1. The number of hydrogen-bond donors (Lipinski definition) is 1. The van der Waals surface area contributed by atoms with Crippen molar-refractivity contribution in [1.82, 2.24) is 9.88 Å². The Balaban J connectivity index is 2.05. The number of aryl methyl sites for hydroxylation is 2. The number of benzene rings is 1.